The SMILES string of the molecule is CC(C)O/N=C1/C(=O)N2[C@@H]1S(=O)C(C)(C)[C@@H]2C(=O)O. The number of rotatable bonds is 3. The molecule has 0 aromatic heterocycles. The lowest BCUT2D eigenvalue weighted by molar-refractivity contribution is -0.150. The highest BCUT2D eigenvalue weighted by Crippen LogP contribution is 2.42. The van der Waals surface area contributed by atoms with Crippen molar-refractivity contribution >= 4 is 28.4 Å². The lowest BCUT2D eigenvalue weighted by Crippen LogP contribution is -2.64. The molecule has 2 aliphatic rings. The largest absolute Gasteiger partial charge is 0.480 e. The van der Waals surface area contributed by atoms with Crippen molar-refractivity contribution in [3.05, 3.63) is 0 Å². The number of aliphatic carboxylic acids is 1. The minimum absolute atomic E-state index is 0.0452. The number of oxime groups is 1. The summed E-state index contributed by atoms with van der Waals surface area (Å²) >= 11 is 0. The lowest BCUT2D eigenvalue weighted by atomic mass is 9.98. The predicted molar refractivity (Wildman–Crippen MR) is 67.9 cm³/mol. The van der Waals surface area contributed by atoms with E-state index >= 15 is 0 Å². The van der Waals surface area contributed by atoms with E-state index in [1.54, 1.807) is 27.7 Å². The van der Waals surface area contributed by atoms with Gasteiger partial charge in [0, 0.05) is 0 Å². The molecule has 2 aliphatic heterocycles. The van der Waals surface area contributed by atoms with E-state index in [-0.39, 0.29) is 11.8 Å². The van der Waals surface area contributed by atoms with Gasteiger partial charge >= 0.3 is 5.97 Å². The molecule has 0 aromatic carbocycles. The fourth-order valence-corrected chi connectivity index (χ4v) is 4.04. The number of carboxylic acids is 1. The topological polar surface area (TPSA) is 96.3 Å². The van der Waals surface area contributed by atoms with Crippen molar-refractivity contribution in [1.82, 2.24) is 4.90 Å². The zero-order valence-corrected chi connectivity index (χ0v) is 11.9. The standard InChI is InChI=1S/C11H16N2O5S/c1-5(2)18-12-6-8(14)13-7(10(15)16)11(3,4)19(17)9(6)13/h5,7,9H,1-4H3,(H,15,16)/b12-6-/t7-,9+,19?/m0/s1. The van der Waals surface area contributed by atoms with E-state index in [1.807, 2.05) is 0 Å². The van der Waals surface area contributed by atoms with Gasteiger partial charge in [0.1, 0.15) is 12.1 Å². The maximum Gasteiger partial charge on any atom is 0.328 e. The second kappa shape index (κ2) is 4.29. The smallest absolute Gasteiger partial charge is 0.328 e. The van der Waals surface area contributed by atoms with Crippen LogP contribution < -0.4 is 0 Å². The van der Waals surface area contributed by atoms with Gasteiger partial charge in [0.2, 0.25) is 0 Å². The van der Waals surface area contributed by atoms with Crippen LogP contribution in [0.5, 0.6) is 0 Å². The summed E-state index contributed by atoms with van der Waals surface area (Å²) < 4.78 is 11.3. The van der Waals surface area contributed by atoms with Crippen LogP contribution in [0.2, 0.25) is 0 Å². The van der Waals surface area contributed by atoms with Gasteiger partial charge in [-0.25, -0.2) is 4.79 Å². The zero-order chi connectivity index (χ0) is 14.5. The Balaban J connectivity index is 2.34. The first kappa shape index (κ1) is 14.0. The van der Waals surface area contributed by atoms with E-state index in [0.29, 0.717) is 0 Å². The number of carboxylic acid groups (broad SMARTS) is 1. The third-order valence-corrected chi connectivity index (χ3v) is 5.31. The fourth-order valence-electron chi connectivity index (χ4n) is 2.26. The monoisotopic (exact) mass is 288 g/mol. The van der Waals surface area contributed by atoms with Crippen LogP contribution in [0.1, 0.15) is 27.7 Å². The average Bonchev–Trinajstić information content (AvgIpc) is 2.46. The van der Waals surface area contributed by atoms with E-state index in [1.165, 1.54) is 0 Å². The van der Waals surface area contributed by atoms with E-state index < -0.39 is 38.8 Å². The Morgan fingerprint density at radius 2 is 2.11 bits per heavy atom. The summed E-state index contributed by atoms with van der Waals surface area (Å²) in [6, 6.07) is -1.09. The van der Waals surface area contributed by atoms with Crippen LogP contribution in [0.15, 0.2) is 5.16 Å². The Labute approximate surface area is 113 Å². The van der Waals surface area contributed by atoms with Gasteiger partial charge in [-0.05, 0) is 27.7 Å². The molecule has 1 amide bonds. The summed E-state index contributed by atoms with van der Waals surface area (Å²) in [4.78, 5) is 29.3. The molecule has 106 valence electrons. The predicted octanol–water partition coefficient (Wildman–Crippen LogP) is -0.0702. The Bertz CT molecular complexity index is 499. The minimum Gasteiger partial charge on any atom is -0.480 e. The maximum atomic E-state index is 12.3. The molecule has 7 nitrogen and oxygen atoms in total. The molecule has 1 N–H and O–H groups in total. The number of nitrogens with zero attached hydrogens (tertiary/aromatic N) is 2. The molecule has 0 bridgehead atoms. The van der Waals surface area contributed by atoms with Crippen molar-refractivity contribution in [2.45, 2.75) is 50.0 Å². The molecule has 0 radical (unpaired) electrons. The molecule has 1 unspecified atom stereocenters. The molecule has 8 heteroatoms. The van der Waals surface area contributed by atoms with Crippen molar-refractivity contribution in [1.29, 1.82) is 0 Å². The second-order valence-corrected chi connectivity index (χ2v) is 7.43. The first-order valence-electron chi connectivity index (χ1n) is 5.89. The van der Waals surface area contributed by atoms with Gasteiger partial charge in [-0.15, -0.1) is 0 Å². The molecule has 2 heterocycles. The minimum atomic E-state index is -1.52. The highest BCUT2D eigenvalue weighted by atomic mass is 32.2. The number of amides is 1. The summed E-state index contributed by atoms with van der Waals surface area (Å²) in [6.07, 6.45) is -0.201. The van der Waals surface area contributed by atoms with Gasteiger partial charge in [0.15, 0.2) is 11.1 Å². The first-order valence-corrected chi connectivity index (χ1v) is 7.10. The quantitative estimate of drug-likeness (QED) is 0.579. The number of hydrogen-bond acceptors (Lipinski definition) is 5. The van der Waals surface area contributed by atoms with E-state index in [0.717, 1.165) is 4.90 Å². The van der Waals surface area contributed by atoms with Crippen LogP contribution in [0.25, 0.3) is 0 Å². The summed E-state index contributed by atoms with van der Waals surface area (Å²) in [5.41, 5.74) is 0.0452. The molecule has 0 aromatic rings. The number of carbonyl (C=O) groups is 2. The van der Waals surface area contributed by atoms with Gasteiger partial charge in [-0.3, -0.25) is 9.00 Å². The molecule has 2 rings (SSSR count). The third-order valence-electron chi connectivity index (χ3n) is 3.19. The Morgan fingerprint density at radius 3 is 2.58 bits per heavy atom. The number of β-lactam (4-membered cyclic amide) rings is 1. The van der Waals surface area contributed by atoms with Crippen LogP contribution in [0.3, 0.4) is 0 Å². The highest BCUT2D eigenvalue weighted by Gasteiger charge is 2.67. The molecule has 0 aliphatic carbocycles. The number of carbonyl (C=O) groups excluding carboxylic acids is 1. The molecule has 0 spiro atoms. The van der Waals surface area contributed by atoms with Gasteiger partial charge in [-0.1, -0.05) is 5.16 Å². The van der Waals surface area contributed by atoms with Crippen molar-refractivity contribution in [2.24, 2.45) is 5.16 Å². The summed E-state index contributed by atoms with van der Waals surface area (Å²) in [6.45, 7) is 6.66. The molecular formula is C11H16N2O5S. The number of fused-ring (bicyclic) bond motifs is 1. The van der Waals surface area contributed by atoms with Crippen molar-refractivity contribution in [3.8, 4) is 0 Å². The molecular weight excluding hydrogens is 272 g/mol. The van der Waals surface area contributed by atoms with Crippen LogP contribution in [-0.2, 0) is 25.2 Å². The van der Waals surface area contributed by atoms with E-state index in [4.69, 9.17) is 4.84 Å². The van der Waals surface area contributed by atoms with Crippen LogP contribution in [0.4, 0.5) is 0 Å². The van der Waals surface area contributed by atoms with Gasteiger partial charge in [0.25, 0.3) is 5.91 Å². The Kier molecular flexibility index (Phi) is 3.16. The molecule has 2 saturated heterocycles. The van der Waals surface area contributed by atoms with Gasteiger partial charge < -0.3 is 14.8 Å². The highest BCUT2D eigenvalue weighted by molar-refractivity contribution is 7.88. The molecule has 19 heavy (non-hydrogen) atoms. The normalized spacial score (nSPS) is 34.4. The van der Waals surface area contributed by atoms with Crippen LogP contribution >= 0.6 is 0 Å². The zero-order valence-electron chi connectivity index (χ0n) is 11.1. The summed E-state index contributed by atoms with van der Waals surface area (Å²) in [5, 5.41) is 12.1. The Morgan fingerprint density at radius 1 is 1.53 bits per heavy atom. The molecule has 2 fully saturated rings. The average molecular weight is 288 g/mol. The molecule has 3 atom stereocenters. The molecule has 0 saturated carbocycles. The lowest BCUT2D eigenvalue weighted by Gasteiger charge is -2.36. The number of hydrogen-bond donors (Lipinski definition) is 1. The summed E-state index contributed by atoms with van der Waals surface area (Å²) in [5.74, 6) is -1.67. The van der Waals surface area contributed by atoms with Crippen molar-refractivity contribution in [3.63, 3.8) is 0 Å². The van der Waals surface area contributed by atoms with Gasteiger partial charge in [0.05, 0.1) is 15.5 Å². The maximum absolute atomic E-state index is 12.3. The third kappa shape index (κ3) is 1.85. The fraction of sp³-hybridized carbons (Fsp3) is 0.727. The summed E-state index contributed by atoms with van der Waals surface area (Å²) in [7, 11) is -1.52. The first-order chi connectivity index (χ1) is 8.69. The van der Waals surface area contributed by atoms with E-state index in [2.05, 4.69) is 5.16 Å². The second-order valence-electron chi connectivity index (χ2n) is 5.34. The Hall–Kier alpha value is -1.44. The van der Waals surface area contributed by atoms with Crippen LogP contribution in [0, 0.1) is 0 Å². The van der Waals surface area contributed by atoms with Crippen molar-refractivity contribution in [2.75, 3.05) is 0 Å². The van der Waals surface area contributed by atoms with Crippen LogP contribution in [-0.4, -0.2) is 54.1 Å². The van der Waals surface area contributed by atoms with E-state index in [9.17, 15) is 18.9 Å². The van der Waals surface area contributed by atoms with Gasteiger partial charge in [-0.2, -0.15) is 0 Å². The van der Waals surface area contributed by atoms with Crippen molar-refractivity contribution < 1.29 is 23.7 Å².